The van der Waals surface area contributed by atoms with E-state index in [9.17, 15) is 26.3 Å². The molecule has 0 saturated heterocycles. The molecule has 0 fully saturated rings. The smallest absolute Gasteiger partial charge is 0.166 e. The molecule has 2 aromatic rings. The highest BCUT2D eigenvalue weighted by atomic mass is 35.5. The normalized spacial score (nSPS) is 12.5. The van der Waals surface area contributed by atoms with Crippen LogP contribution in [-0.2, 0) is 12.4 Å². The molecular formula is C14H5Cl2F6. The van der Waals surface area contributed by atoms with Crippen LogP contribution in [0.1, 0.15) is 11.1 Å². The summed E-state index contributed by atoms with van der Waals surface area (Å²) in [4.78, 5) is 0. The number of hydrogen-bond acceptors (Lipinski definition) is 0. The Hall–Kier alpha value is -1.40. The molecule has 0 N–H and O–H groups in total. The lowest BCUT2D eigenvalue weighted by atomic mass is 9.97. The van der Waals surface area contributed by atoms with Gasteiger partial charge in [0.1, 0.15) is 0 Å². The van der Waals surface area contributed by atoms with Gasteiger partial charge in [0.05, 0.1) is 21.2 Å². The van der Waals surface area contributed by atoms with Crippen molar-refractivity contribution in [2.45, 2.75) is 12.4 Å². The van der Waals surface area contributed by atoms with Crippen LogP contribution in [0, 0.1) is 6.07 Å². The van der Waals surface area contributed by atoms with E-state index in [2.05, 4.69) is 0 Å². The summed E-state index contributed by atoms with van der Waals surface area (Å²) in [5, 5.41) is 0.103. The first kappa shape index (κ1) is 17.0. The summed E-state index contributed by atoms with van der Waals surface area (Å²) < 4.78 is 76.9. The van der Waals surface area contributed by atoms with Crippen LogP contribution in [0.5, 0.6) is 0 Å². The first-order valence-electron chi connectivity index (χ1n) is 5.65. The molecule has 0 amide bonds. The fraction of sp³-hybridized carbons (Fsp3) is 0.143. The summed E-state index contributed by atoms with van der Waals surface area (Å²) in [5.41, 5.74) is -3.43. The molecule has 22 heavy (non-hydrogen) atoms. The molecule has 0 aromatic heterocycles. The first-order valence-corrected chi connectivity index (χ1v) is 6.41. The van der Waals surface area contributed by atoms with Crippen LogP contribution in [0.25, 0.3) is 11.1 Å². The highest BCUT2D eigenvalue weighted by molar-refractivity contribution is 6.42. The molecule has 0 bridgehead atoms. The number of benzene rings is 2. The zero-order valence-corrected chi connectivity index (χ0v) is 11.9. The lowest BCUT2D eigenvalue weighted by Crippen LogP contribution is -2.12. The first-order chi connectivity index (χ1) is 10.00. The molecule has 0 unspecified atom stereocenters. The van der Waals surface area contributed by atoms with Crippen molar-refractivity contribution in [2.24, 2.45) is 0 Å². The van der Waals surface area contributed by atoms with Crippen LogP contribution < -0.4 is 0 Å². The number of halogens is 8. The molecule has 0 nitrogen and oxygen atoms in total. The molecule has 0 heterocycles. The van der Waals surface area contributed by atoms with Gasteiger partial charge in [-0.1, -0.05) is 29.3 Å². The van der Waals surface area contributed by atoms with Gasteiger partial charge in [0.2, 0.25) is 0 Å². The largest absolute Gasteiger partial charge is 0.417 e. The van der Waals surface area contributed by atoms with Gasteiger partial charge in [-0.25, -0.2) is 0 Å². The van der Waals surface area contributed by atoms with E-state index in [0.717, 1.165) is 6.07 Å². The van der Waals surface area contributed by atoms with Crippen molar-refractivity contribution < 1.29 is 26.3 Å². The highest BCUT2D eigenvalue weighted by Crippen LogP contribution is 2.41. The van der Waals surface area contributed by atoms with E-state index in [-0.39, 0.29) is 21.7 Å². The average Bonchev–Trinajstić information content (AvgIpc) is 2.39. The predicted octanol–water partition coefficient (Wildman–Crippen LogP) is 6.50. The van der Waals surface area contributed by atoms with Crippen molar-refractivity contribution in [3.05, 3.63) is 57.6 Å². The Labute approximate surface area is 131 Å². The van der Waals surface area contributed by atoms with Crippen molar-refractivity contribution in [3.63, 3.8) is 0 Å². The summed E-state index contributed by atoms with van der Waals surface area (Å²) in [6.45, 7) is 0. The topological polar surface area (TPSA) is 0 Å². The molecule has 117 valence electrons. The van der Waals surface area contributed by atoms with E-state index in [1.165, 1.54) is 12.1 Å². The molecule has 1 radical (unpaired) electrons. The maximum atomic E-state index is 13.0. The van der Waals surface area contributed by atoms with Crippen molar-refractivity contribution in [1.29, 1.82) is 0 Å². The summed E-state index contributed by atoms with van der Waals surface area (Å²) in [7, 11) is 0. The van der Waals surface area contributed by atoms with Crippen LogP contribution in [0.3, 0.4) is 0 Å². The third-order valence-corrected chi connectivity index (χ3v) is 3.52. The van der Waals surface area contributed by atoms with E-state index >= 15 is 0 Å². The zero-order chi connectivity index (χ0) is 16.7. The van der Waals surface area contributed by atoms with Crippen LogP contribution in [0.2, 0.25) is 10.0 Å². The number of rotatable bonds is 1. The summed E-state index contributed by atoms with van der Waals surface area (Å²) >= 11 is 11.4. The summed E-state index contributed by atoms with van der Waals surface area (Å²) in [6.07, 6.45) is -9.87. The Morgan fingerprint density at radius 1 is 0.818 bits per heavy atom. The second kappa shape index (κ2) is 5.66. The van der Waals surface area contributed by atoms with Crippen molar-refractivity contribution in [1.82, 2.24) is 0 Å². The second-order valence-electron chi connectivity index (χ2n) is 4.30. The van der Waals surface area contributed by atoms with E-state index in [1.54, 1.807) is 0 Å². The maximum absolute atomic E-state index is 13.0. The predicted molar refractivity (Wildman–Crippen MR) is 70.7 cm³/mol. The minimum atomic E-state index is -4.97. The van der Waals surface area contributed by atoms with Crippen molar-refractivity contribution in [2.75, 3.05) is 0 Å². The van der Waals surface area contributed by atoms with E-state index < -0.39 is 29.0 Å². The number of hydrogen-bond donors (Lipinski definition) is 0. The standard InChI is InChI=1S/C14H5Cl2F6/c15-11-4-1-7(5-12(11)16)9-3-2-8(13(17,18)19)6-10(9)14(20,21)22/h1-2,4-6H. The van der Waals surface area contributed by atoms with Gasteiger partial charge in [-0.2, -0.15) is 26.3 Å². The molecule has 0 spiro atoms. The third kappa shape index (κ3) is 3.50. The molecular weight excluding hydrogens is 353 g/mol. The van der Waals surface area contributed by atoms with Gasteiger partial charge < -0.3 is 0 Å². The Morgan fingerprint density at radius 3 is 1.95 bits per heavy atom. The van der Waals surface area contributed by atoms with Gasteiger partial charge in [0, 0.05) is 5.56 Å². The van der Waals surface area contributed by atoms with Gasteiger partial charge in [-0.05, 0) is 35.9 Å². The van der Waals surface area contributed by atoms with Gasteiger partial charge in [0.25, 0.3) is 0 Å². The van der Waals surface area contributed by atoms with E-state index in [1.807, 2.05) is 6.07 Å². The van der Waals surface area contributed by atoms with Crippen LogP contribution in [0.4, 0.5) is 26.3 Å². The fourth-order valence-electron chi connectivity index (χ4n) is 1.77. The molecule has 0 atom stereocenters. The third-order valence-electron chi connectivity index (χ3n) is 2.78. The van der Waals surface area contributed by atoms with Crippen LogP contribution in [-0.4, -0.2) is 0 Å². The quantitative estimate of drug-likeness (QED) is 0.511. The minimum absolute atomic E-state index is 0.0133. The molecule has 2 aromatic carbocycles. The lowest BCUT2D eigenvalue weighted by Gasteiger charge is -2.16. The fourth-order valence-corrected chi connectivity index (χ4v) is 2.07. The Kier molecular flexibility index (Phi) is 4.37. The second-order valence-corrected chi connectivity index (χ2v) is 5.12. The van der Waals surface area contributed by atoms with Crippen LogP contribution >= 0.6 is 23.2 Å². The molecule has 0 aliphatic heterocycles. The van der Waals surface area contributed by atoms with Gasteiger partial charge in [-0.15, -0.1) is 0 Å². The lowest BCUT2D eigenvalue weighted by molar-refractivity contribution is -0.142. The molecule has 8 heteroatoms. The number of alkyl halides is 6. The van der Waals surface area contributed by atoms with Crippen LogP contribution in [0.15, 0.2) is 30.3 Å². The van der Waals surface area contributed by atoms with Gasteiger partial charge in [0.15, 0.2) is 0 Å². The Morgan fingerprint density at radius 2 is 1.45 bits per heavy atom. The minimum Gasteiger partial charge on any atom is -0.166 e. The monoisotopic (exact) mass is 357 g/mol. The zero-order valence-electron chi connectivity index (χ0n) is 10.4. The SMILES string of the molecule is FC(F)(F)c1c[c]c(-c2ccc(Cl)c(Cl)c2)c(C(F)(F)F)c1. The Bertz CT molecular complexity index is 703. The average molecular weight is 358 g/mol. The van der Waals surface area contributed by atoms with Gasteiger partial charge in [-0.3, -0.25) is 0 Å². The maximum Gasteiger partial charge on any atom is 0.417 e. The molecule has 2 rings (SSSR count). The van der Waals surface area contributed by atoms with Gasteiger partial charge >= 0.3 is 12.4 Å². The highest BCUT2D eigenvalue weighted by Gasteiger charge is 2.38. The molecule has 0 saturated carbocycles. The summed E-state index contributed by atoms with van der Waals surface area (Å²) in [5.74, 6) is 0. The van der Waals surface area contributed by atoms with Crippen molar-refractivity contribution >= 4 is 23.2 Å². The Balaban J connectivity index is 2.67. The summed E-state index contributed by atoms with van der Waals surface area (Å²) in [6, 6.07) is 6.17. The molecule has 0 aliphatic rings. The van der Waals surface area contributed by atoms with E-state index in [4.69, 9.17) is 23.2 Å². The molecule has 0 aliphatic carbocycles. The van der Waals surface area contributed by atoms with Crippen molar-refractivity contribution in [3.8, 4) is 11.1 Å². The van der Waals surface area contributed by atoms with E-state index in [0.29, 0.717) is 6.07 Å².